The summed E-state index contributed by atoms with van der Waals surface area (Å²) in [6.07, 6.45) is 0. The third-order valence-electron chi connectivity index (χ3n) is 1.68. The zero-order chi connectivity index (χ0) is 9.35. The summed E-state index contributed by atoms with van der Waals surface area (Å²) >= 11 is 0. The van der Waals surface area contributed by atoms with E-state index in [-0.39, 0.29) is 5.41 Å². The lowest BCUT2D eigenvalue weighted by molar-refractivity contribution is 0.389. The van der Waals surface area contributed by atoms with E-state index in [0.29, 0.717) is 12.4 Å². The second-order valence-electron chi connectivity index (χ2n) is 3.96. The van der Waals surface area contributed by atoms with Gasteiger partial charge in [-0.3, -0.25) is 0 Å². The molecule has 0 unspecified atom stereocenters. The highest BCUT2D eigenvalue weighted by Gasteiger charge is 2.23. The number of oxazole rings is 1. The minimum absolute atomic E-state index is 0.00400. The molecule has 1 heterocycles. The van der Waals surface area contributed by atoms with E-state index in [2.05, 4.69) is 25.8 Å². The smallest absolute Gasteiger partial charge is 0.191 e. The first-order chi connectivity index (χ1) is 5.45. The van der Waals surface area contributed by atoms with Crippen LogP contribution in [0, 0.1) is 6.92 Å². The third-order valence-corrected chi connectivity index (χ3v) is 1.68. The maximum absolute atomic E-state index is 5.54. The number of rotatable bonds is 1. The summed E-state index contributed by atoms with van der Waals surface area (Å²) in [5, 5.41) is 0. The molecule has 0 aliphatic rings. The highest BCUT2D eigenvalue weighted by Crippen LogP contribution is 2.26. The molecule has 3 nitrogen and oxygen atoms in total. The van der Waals surface area contributed by atoms with E-state index in [4.69, 9.17) is 10.2 Å². The van der Waals surface area contributed by atoms with Gasteiger partial charge < -0.3 is 10.2 Å². The lowest BCUT2D eigenvalue weighted by Gasteiger charge is -2.15. The van der Waals surface area contributed by atoms with Gasteiger partial charge >= 0.3 is 0 Å². The van der Waals surface area contributed by atoms with E-state index in [1.165, 1.54) is 0 Å². The zero-order valence-electron chi connectivity index (χ0n) is 8.14. The summed E-state index contributed by atoms with van der Waals surface area (Å²) in [6, 6.07) is 0. The van der Waals surface area contributed by atoms with Crippen LogP contribution in [0.25, 0.3) is 0 Å². The quantitative estimate of drug-likeness (QED) is 0.695. The standard InChI is InChI=1S/C9H16N2O/c1-6-11-7(5-10)8(12-6)9(2,3)4/h5,10H2,1-4H3. The SMILES string of the molecule is Cc1nc(CN)c(C(C)(C)C)o1. The van der Waals surface area contributed by atoms with Crippen LogP contribution in [-0.2, 0) is 12.0 Å². The van der Waals surface area contributed by atoms with E-state index < -0.39 is 0 Å². The third kappa shape index (κ3) is 1.67. The number of nitrogens with two attached hydrogens (primary N) is 1. The van der Waals surface area contributed by atoms with Crippen LogP contribution < -0.4 is 5.73 Å². The minimum atomic E-state index is -0.00400. The molecule has 0 saturated carbocycles. The van der Waals surface area contributed by atoms with Gasteiger partial charge in [-0.25, -0.2) is 4.98 Å². The molecule has 3 heteroatoms. The van der Waals surface area contributed by atoms with Gasteiger partial charge in [0.15, 0.2) is 5.89 Å². The average Bonchev–Trinajstić information content (AvgIpc) is 2.29. The number of aromatic nitrogens is 1. The molecule has 2 N–H and O–H groups in total. The summed E-state index contributed by atoms with van der Waals surface area (Å²) in [6.45, 7) is 8.56. The lowest BCUT2D eigenvalue weighted by atomic mass is 9.92. The molecular weight excluding hydrogens is 152 g/mol. The van der Waals surface area contributed by atoms with Gasteiger partial charge in [0.1, 0.15) is 5.76 Å². The Kier molecular flexibility index (Phi) is 2.24. The summed E-state index contributed by atoms with van der Waals surface area (Å²) in [5.74, 6) is 1.60. The lowest BCUT2D eigenvalue weighted by Crippen LogP contribution is -2.14. The molecule has 12 heavy (non-hydrogen) atoms. The fourth-order valence-corrected chi connectivity index (χ4v) is 1.19. The molecule has 0 amide bonds. The van der Waals surface area contributed by atoms with Crippen molar-refractivity contribution >= 4 is 0 Å². The predicted octanol–water partition coefficient (Wildman–Crippen LogP) is 1.74. The summed E-state index contributed by atoms with van der Waals surface area (Å²) < 4.78 is 5.48. The van der Waals surface area contributed by atoms with Crippen molar-refractivity contribution in [3.05, 3.63) is 17.3 Å². The topological polar surface area (TPSA) is 52.0 Å². The van der Waals surface area contributed by atoms with Crippen molar-refractivity contribution in [2.75, 3.05) is 0 Å². The molecular formula is C9H16N2O. The van der Waals surface area contributed by atoms with Crippen LogP contribution in [0.3, 0.4) is 0 Å². The molecule has 1 rings (SSSR count). The summed E-state index contributed by atoms with van der Waals surface area (Å²) in [7, 11) is 0. The van der Waals surface area contributed by atoms with Gasteiger partial charge in [-0.15, -0.1) is 0 Å². The molecule has 0 aromatic carbocycles. The summed E-state index contributed by atoms with van der Waals surface area (Å²) in [5.41, 5.74) is 6.41. The molecule has 0 atom stereocenters. The molecule has 1 aromatic heterocycles. The molecule has 1 aromatic rings. The van der Waals surface area contributed by atoms with Gasteiger partial charge in [0.2, 0.25) is 0 Å². The van der Waals surface area contributed by atoms with Gasteiger partial charge in [-0.05, 0) is 0 Å². The first-order valence-corrected chi connectivity index (χ1v) is 4.12. The van der Waals surface area contributed by atoms with Crippen LogP contribution in [0.4, 0.5) is 0 Å². The van der Waals surface area contributed by atoms with Crippen LogP contribution in [0.1, 0.15) is 38.1 Å². The molecule has 68 valence electrons. The van der Waals surface area contributed by atoms with Crippen molar-refractivity contribution < 1.29 is 4.42 Å². The van der Waals surface area contributed by atoms with Gasteiger partial charge in [-0.1, -0.05) is 20.8 Å². The molecule has 0 fully saturated rings. The number of hydrogen-bond donors (Lipinski definition) is 1. The monoisotopic (exact) mass is 168 g/mol. The van der Waals surface area contributed by atoms with Gasteiger partial charge in [0.25, 0.3) is 0 Å². The Morgan fingerprint density at radius 3 is 2.33 bits per heavy atom. The highest BCUT2D eigenvalue weighted by atomic mass is 16.4. The van der Waals surface area contributed by atoms with Gasteiger partial charge in [-0.2, -0.15) is 0 Å². The van der Waals surface area contributed by atoms with Crippen molar-refractivity contribution in [3.63, 3.8) is 0 Å². The minimum Gasteiger partial charge on any atom is -0.445 e. The maximum Gasteiger partial charge on any atom is 0.191 e. The van der Waals surface area contributed by atoms with E-state index in [1.807, 2.05) is 6.92 Å². The van der Waals surface area contributed by atoms with Crippen LogP contribution in [0.15, 0.2) is 4.42 Å². The highest BCUT2D eigenvalue weighted by molar-refractivity contribution is 5.17. The van der Waals surface area contributed by atoms with E-state index in [9.17, 15) is 0 Å². The molecule has 0 aliphatic carbocycles. The Hall–Kier alpha value is -0.830. The Balaban J connectivity index is 3.13. The molecule has 0 saturated heterocycles. The van der Waals surface area contributed by atoms with Crippen LogP contribution in [0.5, 0.6) is 0 Å². The molecule has 0 spiro atoms. The molecule has 0 aliphatic heterocycles. The Morgan fingerprint density at radius 1 is 1.42 bits per heavy atom. The van der Waals surface area contributed by atoms with E-state index in [1.54, 1.807) is 0 Å². The average molecular weight is 168 g/mol. The Bertz CT molecular complexity index is 271. The van der Waals surface area contributed by atoms with Crippen molar-refractivity contribution in [1.82, 2.24) is 4.98 Å². The second kappa shape index (κ2) is 2.90. The Morgan fingerprint density at radius 2 is 2.00 bits per heavy atom. The van der Waals surface area contributed by atoms with Crippen molar-refractivity contribution in [1.29, 1.82) is 0 Å². The molecule has 0 bridgehead atoms. The largest absolute Gasteiger partial charge is 0.445 e. The van der Waals surface area contributed by atoms with E-state index in [0.717, 1.165) is 11.5 Å². The van der Waals surface area contributed by atoms with Crippen LogP contribution in [0.2, 0.25) is 0 Å². The predicted molar refractivity (Wildman–Crippen MR) is 47.8 cm³/mol. The van der Waals surface area contributed by atoms with Gasteiger partial charge in [0, 0.05) is 18.9 Å². The van der Waals surface area contributed by atoms with E-state index >= 15 is 0 Å². The zero-order valence-corrected chi connectivity index (χ0v) is 8.14. The fourth-order valence-electron chi connectivity index (χ4n) is 1.19. The van der Waals surface area contributed by atoms with Crippen molar-refractivity contribution in [2.45, 2.75) is 39.7 Å². The van der Waals surface area contributed by atoms with Crippen LogP contribution in [-0.4, -0.2) is 4.98 Å². The first-order valence-electron chi connectivity index (χ1n) is 4.12. The fraction of sp³-hybridized carbons (Fsp3) is 0.667. The molecule has 0 radical (unpaired) electrons. The van der Waals surface area contributed by atoms with Gasteiger partial charge in [0.05, 0.1) is 5.69 Å². The maximum atomic E-state index is 5.54. The van der Waals surface area contributed by atoms with Crippen molar-refractivity contribution in [2.24, 2.45) is 5.73 Å². The normalized spacial score (nSPS) is 12.1. The van der Waals surface area contributed by atoms with Crippen molar-refractivity contribution in [3.8, 4) is 0 Å². The first kappa shape index (κ1) is 9.26. The second-order valence-corrected chi connectivity index (χ2v) is 3.96. The number of nitrogens with zero attached hydrogens (tertiary/aromatic N) is 1. The van der Waals surface area contributed by atoms with Crippen LogP contribution >= 0.6 is 0 Å². The number of aryl methyl sites for hydroxylation is 1. The Labute approximate surface area is 73.0 Å². The number of hydrogen-bond acceptors (Lipinski definition) is 3. The summed E-state index contributed by atoms with van der Waals surface area (Å²) in [4.78, 5) is 4.20.